The SMILES string of the molecule is FC(F)Oc1cccc(-c2ccc(Cl)cc2Cl)c1Cl. The molecule has 6 heteroatoms. The van der Waals surface area contributed by atoms with Crippen LogP contribution in [0, 0.1) is 0 Å². The maximum absolute atomic E-state index is 12.2. The van der Waals surface area contributed by atoms with Gasteiger partial charge < -0.3 is 4.74 Å². The maximum Gasteiger partial charge on any atom is 0.387 e. The second-order valence-corrected chi connectivity index (χ2v) is 4.84. The highest BCUT2D eigenvalue weighted by molar-refractivity contribution is 6.38. The van der Waals surface area contributed by atoms with Crippen LogP contribution in [0.15, 0.2) is 36.4 Å². The molecular weight excluding hydrogens is 316 g/mol. The number of hydrogen-bond acceptors (Lipinski definition) is 1. The van der Waals surface area contributed by atoms with Crippen LogP contribution in [0.3, 0.4) is 0 Å². The summed E-state index contributed by atoms with van der Waals surface area (Å²) in [5.41, 5.74) is 1.09. The van der Waals surface area contributed by atoms with E-state index in [0.29, 0.717) is 21.2 Å². The predicted molar refractivity (Wildman–Crippen MR) is 73.5 cm³/mol. The molecule has 0 saturated carbocycles. The molecule has 0 aliphatic carbocycles. The normalized spacial score (nSPS) is 10.8. The van der Waals surface area contributed by atoms with E-state index < -0.39 is 6.61 Å². The topological polar surface area (TPSA) is 9.23 Å². The zero-order valence-electron chi connectivity index (χ0n) is 9.34. The first kappa shape index (κ1) is 14.4. The number of rotatable bonds is 3. The molecule has 2 aromatic carbocycles. The molecular formula is C13H7Cl3F2O. The summed E-state index contributed by atoms with van der Waals surface area (Å²) in [4.78, 5) is 0. The van der Waals surface area contributed by atoms with E-state index in [4.69, 9.17) is 34.8 Å². The van der Waals surface area contributed by atoms with E-state index in [0.717, 1.165) is 0 Å². The lowest BCUT2D eigenvalue weighted by Crippen LogP contribution is -2.02. The van der Waals surface area contributed by atoms with Crippen molar-refractivity contribution >= 4 is 34.8 Å². The molecule has 0 atom stereocenters. The summed E-state index contributed by atoms with van der Waals surface area (Å²) >= 11 is 17.9. The summed E-state index contributed by atoms with van der Waals surface area (Å²) in [6, 6.07) is 9.44. The fourth-order valence-electron chi connectivity index (χ4n) is 1.61. The smallest absolute Gasteiger partial charge is 0.387 e. The van der Waals surface area contributed by atoms with Crippen LogP contribution in [0.4, 0.5) is 8.78 Å². The van der Waals surface area contributed by atoms with Gasteiger partial charge in [-0.25, -0.2) is 0 Å². The molecule has 0 fully saturated rings. The molecule has 1 nitrogen and oxygen atoms in total. The Hall–Kier alpha value is -1.03. The molecule has 0 bridgehead atoms. The van der Waals surface area contributed by atoms with Crippen molar-refractivity contribution in [2.24, 2.45) is 0 Å². The van der Waals surface area contributed by atoms with Crippen LogP contribution in [0.25, 0.3) is 11.1 Å². The molecule has 0 heterocycles. The molecule has 0 aliphatic heterocycles. The third-order valence-electron chi connectivity index (χ3n) is 2.40. The van der Waals surface area contributed by atoms with Crippen molar-refractivity contribution in [1.29, 1.82) is 0 Å². The zero-order valence-corrected chi connectivity index (χ0v) is 11.6. The molecule has 0 N–H and O–H groups in total. The van der Waals surface area contributed by atoms with Gasteiger partial charge in [-0.3, -0.25) is 0 Å². The van der Waals surface area contributed by atoms with E-state index >= 15 is 0 Å². The van der Waals surface area contributed by atoms with Gasteiger partial charge in [-0.15, -0.1) is 0 Å². The van der Waals surface area contributed by atoms with E-state index in [1.807, 2.05) is 0 Å². The van der Waals surface area contributed by atoms with Crippen LogP contribution in [0.2, 0.25) is 15.1 Å². The lowest BCUT2D eigenvalue weighted by Gasteiger charge is -2.11. The lowest BCUT2D eigenvalue weighted by molar-refractivity contribution is -0.0497. The van der Waals surface area contributed by atoms with Gasteiger partial charge in [0.15, 0.2) is 0 Å². The number of hydrogen-bond donors (Lipinski definition) is 0. The summed E-state index contributed by atoms with van der Waals surface area (Å²) in [5.74, 6) is -0.0971. The largest absolute Gasteiger partial charge is 0.433 e. The first-order valence-electron chi connectivity index (χ1n) is 5.18. The van der Waals surface area contributed by atoms with Crippen LogP contribution < -0.4 is 4.74 Å². The molecule has 0 amide bonds. The Bertz CT molecular complexity index is 602. The highest BCUT2D eigenvalue weighted by Crippen LogP contribution is 2.39. The highest BCUT2D eigenvalue weighted by Gasteiger charge is 2.14. The Morgan fingerprint density at radius 1 is 0.947 bits per heavy atom. The quantitative estimate of drug-likeness (QED) is 0.681. The number of ether oxygens (including phenoxy) is 1. The number of alkyl halides is 2. The van der Waals surface area contributed by atoms with Gasteiger partial charge in [0.1, 0.15) is 5.75 Å². The van der Waals surface area contributed by atoms with Gasteiger partial charge in [0.25, 0.3) is 0 Å². The van der Waals surface area contributed by atoms with E-state index in [1.54, 1.807) is 30.3 Å². The second kappa shape index (κ2) is 5.95. The van der Waals surface area contributed by atoms with Gasteiger partial charge in [-0.1, -0.05) is 53.0 Å². The monoisotopic (exact) mass is 322 g/mol. The van der Waals surface area contributed by atoms with Crippen molar-refractivity contribution in [3.8, 4) is 16.9 Å². The molecule has 0 aromatic heterocycles. The van der Waals surface area contributed by atoms with Gasteiger partial charge in [0.2, 0.25) is 0 Å². The van der Waals surface area contributed by atoms with Crippen molar-refractivity contribution in [3.05, 3.63) is 51.5 Å². The zero-order chi connectivity index (χ0) is 14.0. The van der Waals surface area contributed by atoms with E-state index in [-0.39, 0.29) is 10.8 Å². The number of halogens is 5. The van der Waals surface area contributed by atoms with Crippen molar-refractivity contribution in [1.82, 2.24) is 0 Å². The third-order valence-corrected chi connectivity index (χ3v) is 3.34. The molecule has 2 rings (SSSR count). The molecule has 0 saturated heterocycles. The fourth-order valence-corrected chi connectivity index (χ4v) is 2.40. The first-order valence-corrected chi connectivity index (χ1v) is 6.31. The van der Waals surface area contributed by atoms with Crippen LogP contribution in [-0.2, 0) is 0 Å². The standard InChI is InChI=1S/C13H7Cl3F2O/c14-7-4-5-8(10(15)6-7)9-2-1-3-11(12(9)16)19-13(17)18/h1-6,13H. The summed E-state index contributed by atoms with van der Waals surface area (Å²) in [6.45, 7) is -2.94. The van der Waals surface area contributed by atoms with E-state index in [9.17, 15) is 8.78 Å². The Balaban J connectivity index is 2.50. The first-order chi connectivity index (χ1) is 8.99. The summed E-state index contributed by atoms with van der Waals surface area (Å²) in [6.07, 6.45) is 0. The maximum atomic E-state index is 12.2. The van der Waals surface area contributed by atoms with E-state index in [1.165, 1.54) is 6.07 Å². The van der Waals surface area contributed by atoms with Gasteiger partial charge in [0.05, 0.1) is 5.02 Å². The van der Waals surface area contributed by atoms with Crippen molar-refractivity contribution in [2.45, 2.75) is 6.61 Å². The van der Waals surface area contributed by atoms with Crippen molar-refractivity contribution in [2.75, 3.05) is 0 Å². The molecule has 0 aliphatic rings. The van der Waals surface area contributed by atoms with Crippen LogP contribution in [-0.4, -0.2) is 6.61 Å². The van der Waals surface area contributed by atoms with Crippen LogP contribution >= 0.6 is 34.8 Å². The van der Waals surface area contributed by atoms with Gasteiger partial charge in [-0.2, -0.15) is 8.78 Å². The Labute approximate surface area is 123 Å². The van der Waals surface area contributed by atoms with Crippen LogP contribution in [0.5, 0.6) is 5.75 Å². The Kier molecular flexibility index (Phi) is 4.50. The third kappa shape index (κ3) is 3.30. The van der Waals surface area contributed by atoms with Gasteiger partial charge >= 0.3 is 6.61 Å². The molecule has 2 aromatic rings. The average Bonchev–Trinajstić information content (AvgIpc) is 2.32. The van der Waals surface area contributed by atoms with Crippen LogP contribution in [0.1, 0.15) is 0 Å². The molecule has 0 unspecified atom stereocenters. The lowest BCUT2D eigenvalue weighted by atomic mass is 10.1. The molecule has 19 heavy (non-hydrogen) atoms. The second-order valence-electron chi connectivity index (χ2n) is 3.62. The number of benzene rings is 2. The summed E-state index contributed by atoms with van der Waals surface area (Å²) in [5, 5.41) is 0.931. The molecule has 0 spiro atoms. The summed E-state index contributed by atoms with van der Waals surface area (Å²) < 4.78 is 28.8. The minimum atomic E-state index is -2.94. The predicted octanol–water partition coefficient (Wildman–Crippen LogP) is 5.92. The van der Waals surface area contributed by atoms with E-state index in [2.05, 4.69) is 4.74 Å². The van der Waals surface area contributed by atoms with Gasteiger partial charge in [-0.05, 0) is 18.2 Å². The van der Waals surface area contributed by atoms with Gasteiger partial charge in [0, 0.05) is 21.2 Å². The minimum Gasteiger partial charge on any atom is -0.433 e. The fraction of sp³-hybridized carbons (Fsp3) is 0.0769. The average molecular weight is 324 g/mol. The van der Waals surface area contributed by atoms with Crippen molar-refractivity contribution < 1.29 is 13.5 Å². The summed E-state index contributed by atoms with van der Waals surface area (Å²) in [7, 11) is 0. The molecule has 100 valence electrons. The minimum absolute atomic E-state index is 0.0759. The Morgan fingerprint density at radius 2 is 1.68 bits per heavy atom. The highest BCUT2D eigenvalue weighted by atomic mass is 35.5. The van der Waals surface area contributed by atoms with Crippen molar-refractivity contribution in [3.63, 3.8) is 0 Å². The molecule has 0 radical (unpaired) electrons. The Morgan fingerprint density at radius 3 is 2.32 bits per heavy atom.